The fourth-order valence-electron chi connectivity index (χ4n) is 2.53. The number of carbonyl (C=O) groups is 1. The molecular weight excluding hydrogens is 355 g/mol. The molecule has 1 N–H and O–H groups in total. The first-order chi connectivity index (χ1) is 12.4. The second-order valence-corrected chi connectivity index (χ2v) is 6.38. The number of hydrogen-bond acceptors (Lipinski definition) is 3. The van der Waals surface area contributed by atoms with Crippen LogP contribution in [0, 0.1) is 5.82 Å². The largest absolute Gasteiger partial charge is 0.494 e. The molecule has 0 saturated heterocycles. The fourth-order valence-corrected chi connectivity index (χ4v) is 2.79. The maximum atomic E-state index is 13.7. The summed E-state index contributed by atoms with van der Waals surface area (Å²) in [5, 5.41) is 3.51. The second kappa shape index (κ2) is 9.36. The quantitative estimate of drug-likeness (QED) is 0.745. The summed E-state index contributed by atoms with van der Waals surface area (Å²) in [5.74, 6) is -0.568. The Balaban J connectivity index is 2.00. The highest BCUT2D eigenvalue weighted by Crippen LogP contribution is 2.25. The van der Waals surface area contributed by atoms with Crippen molar-refractivity contribution >= 4 is 23.6 Å². The summed E-state index contributed by atoms with van der Waals surface area (Å²) in [6.07, 6.45) is 2.93. The minimum Gasteiger partial charge on any atom is -0.494 e. The molecule has 2 aromatic rings. The van der Waals surface area contributed by atoms with Gasteiger partial charge in [-0.05, 0) is 49.5 Å². The van der Waals surface area contributed by atoms with Gasteiger partial charge >= 0.3 is 0 Å². The first-order valence-corrected chi connectivity index (χ1v) is 8.50. The highest BCUT2D eigenvalue weighted by Gasteiger charge is 2.17. The molecule has 0 spiro atoms. The number of likely N-dealkylation sites (N-methyl/N-ethyl adjacent to an activating group) is 1. The molecule has 0 saturated carbocycles. The molecule has 2 rings (SSSR count). The molecule has 0 aliphatic rings. The SMILES string of the molecule is COc1ccc(/C=C/C(=O)NCC(c2ccccc2Cl)N(C)C)cc1F. The van der Waals surface area contributed by atoms with Gasteiger partial charge in [-0.1, -0.05) is 35.9 Å². The highest BCUT2D eigenvalue weighted by molar-refractivity contribution is 6.31. The molecule has 0 aliphatic heterocycles. The molecule has 0 fully saturated rings. The van der Waals surface area contributed by atoms with Crippen LogP contribution in [0.1, 0.15) is 17.2 Å². The first-order valence-electron chi connectivity index (χ1n) is 8.12. The Kier molecular flexibility index (Phi) is 7.18. The first kappa shape index (κ1) is 19.9. The van der Waals surface area contributed by atoms with Gasteiger partial charge in [-0.25, -0.2) is 4.39 Å². The van der Waals surface area contributed by atoms with E-state index in [0.29, 0.717) is 17.1 Å². The van der Waals surface area contributed by atoms with Crippen LogP contribution < -0.4 is 10.1 Å². The van der Waals surface area contributed by atoms with Crippen molar-refractivity contribution in [2.75, 3.05) is 27.7 Å². The Morgan fingerprint density at radius 1 is 1.31 bits per heavy atom. The molecule has 2 aromatic carbocycles. The van der Waals surface area contributed by atoms with E-state index in [2.05, 4.69) is 5.32 Å². The van der Waals surface area contributed by atoms with Crippen LogP contribution in [-0.2, 0) is 4.79 Å². The normalized spacial score (nSPS) is 12.4. The maximum absolute atomic E-state index is 13.7. The van der Waals surface area contributed by atoms with Gasteiger partial charge < -0.3 is 15.0 Å². The molecule has 1 unspecified atom stereocenters. The summed E-state index contributed by atoms with van der Waals surface area (Å²) < 4.78 is 18.5. The van der Waals surface area contributed by atoms with E-state index < -0.39 is 5.82 Å². The molecular formula is C20H22ClFN2O2. The zero-order valence-corrected chi connectivity index (χ0v) is 15.8. The van der Waals surface area contributed by atoms with Crippen LogP contribution in [0.4, 0.5) is 4.39 Å². The van der Waals surface area contributed by atoms with E-state index in [1.165, 1.54) is 25.3 Å². The number of nitrogens with zero attached hydrogens (tertiary/aromatic N) is 1. The van der Waals surface area contributed by atoms with Crippen molar-refractivity contribution in [3.63, 3.8) is 0 Å². The predicted octanol–water partition coefficient (Wildman–Crippen LogP) is 3.92. The van der Waals surface area contributed by atoms with Crippen molar-refractivity contribution < 1.29 is 13.9 Å². The van der Waals surface area contributed by atoms with Crippen LogP contribution >= 0.6 is 11.6 Å². The monoisotopic (exact) mass is 376 g/mol. The Hall–Kier alpha value is -2.37. The minimum absolute atomic E-state index is 0.0560. The fraction of sp³-hybridized carbons (Fsp3) is 0.250. The third-order valence-electron chi connectivity index (χ3n) is 3.96. The van der Waals surface area contributed by atoms with Gasteiger partial charge in [0, 0.05) is 17.6 Å². The van der Waals surface area contributed by atoms with Crippen LogP contribution in [0.15, 0.2) is 48.5 Å². The topological polar surface area (TPSA) is 41.6 Å². The van der Waals surface area contributed by atoms with Crippen LogP contribution in [0.25, 0.3) is 6.08 Å². The van der Waals surface area contributed by atoms with Crippen molar-refractivity contribution in [3.05, 3.63) is 70.5 Å². The Labute approximate surface area is 158 Å². The van der Waals surface area contributed by atoms with Gasteiger partial charge in [-0.3, -0.25) is 4.79 Å². The number of methoxy groups -OCH3 is 1. The van der Waals surface area contributed by atoms with Crippen molar-refractivity contribution in [3.8, 4) is 5.75 Å². The number of amides is 1. The van der Waals surface area contributed by atoms with E-state index in [4.69, 9.17) is 16.3 Å². The number of benzene rings is 2. The van der Waals surface area contributed by atoms with E-state index in [1.54, 1.807) is 12.1 Å². The van der Waals surface area contributed by atoms with Crippen LogP contribution in [0.5, 0.6) is 5.75 Å². The van der Waals surface area contributed by atoms with Gasteiger partial charge in [0.1, 0.15) is 0 Å². The van der Waals surface area contributed by atoms with Crippen LogP contribution in [-0.4, -0.2) is 38.6 Å². The van der Waals surface area contributed by atoms with Crippen molar-refractivity contribution in [2.24, 2.45) is 0 Å². The molecule has 1 amide bonds. The smallest absolute Gasteiger partial charge is 0.244 e. The van der Waals surface area contributed by atoms with E-state index in [1.807, 2.05) is 43.3 Å². The Bertz CT molecular complexity index is 793. The molecule has 1 atom stereocenters. The van der Waals surface area contributed by atoms with Gasteiger partial charge in [0.15, 0.2) is 11.6 Å². The standard InChI is InChI=1S/C20H22ClFN2O2/c1-24(2)18(15-6-4-5-7-16(15)21)13-23-20(25)11-9-14-8-10-19(26-3)17(22)12-14/h4-12,18H,13H2,1-3H3,(H,23,25)/b11-9+. The van der Waals surface area contributed by atoms with Gasteiger partial charge in [0.05, 0.1) is 13.2 Å². The molecule has 6 heteroatoms. The molecule has 0 aromatic heterocycles. The van der Waals surface area contributed by atoms with Gasteiger partial charge in [0.25, 0.3) is 0 Å². The van der Waals surface area contributed by atoms with Crippen molar-refractivity contribution in [2.45, 2.75) is 6.04 Å². The molecule has 138 valence electrons. The minimum atomic E-state index is -0.471. The highest BCUT2D eigenvalue weighted by atomic mass is 35.5. The number of carbonyl (C=O) groups excluding carboxylic acids is 1. The summed E-state index contributed by atoms with van der Waals surface area (Å²) in [5.41, 5.74) is 1.52. The van der Waals surface area contributed by atoms with Gasteiger partial charge in [-0.2, -0.15) is 0 Å². The summed E-state index contributed by atoms with van der Waals surface area (Å²) in [7, 11) is 5.26. The summed E-state index contributed by atoms with van der Waals surface area (Å²) in [4.78, 5) is 14.1. The van der Waals surface area contributed by atoms with Crippen LogP contribution in [0.3, 0.4) is 0 Å². The Morgan fingerprint density at radius 2 is 2.04 bits per heavy atom. The number of halogens is 2. The van der Waals surface area contributed by atoms with E-state index in [0.717, 1.165) is 5.56 Å². The van der Waals surface area contributed by atoms with E-state index in [9.17, 15) is 9.18 Å². The summed E-state index contributed by atoms with van der Waals surface area (Å²) in [6, 6.07) is 12.0. The lowest BCUT2D eigenvalue weighted by molar-refractivity contribution is -0.116. The lowest BCUT2D eigenvalue weighted by atomic mass is 10.1. The van der Waals surface area contributed by atoms with Crippen LogP contribution in [0.2, 0.25) is 5.02 Å². The maximum Gasteiger partial charge on any atom is 0.244 e. The predicted molar refractivity (Wildman–Crippen MR) is 103 cm³/mol. The lowest BCUT2D eigenvalue weighted by Crippen LogP contribution is -2.33. The zero-order valence-electron chi connectivity index (χ0n) is 15.0. The van der Waals surface area contributed by atoms with Gasteiger partial charge in [-0.15, -0.1) is 0 Å². The molecule has 4 nitrogen and oxygen atoms in total. The van der Waals surface area contributed by atoms with E-state index >= 15 is 0 Å². The Morgan fingerprint density at radius 3 is 2.65 bits per heavy atom. The molecule has 0 aliphatic carbocycles. The zero-order chi connectivity index (χ0) is 19.1. The number of ether oxygens (including phenoxy) is 1. The number of nitrogens with one attached hydrogen (secondary N) is 1. The third kappa shape index (κ3) is 5.31. The third-order valence-corrected chi connectivity index (χ3v) is 4.30. The van der Waals surface area contributed by atoms with E-state index in [-0.39, 0.29) is 17.7 Å². The average Bonchev–Trinajstić information content (AvgIpc) is 2.61. The second-order valence-electron chi connectivity index (χ2n) is 5.97. The lowest BCUT2D eigenvalue weighted by Gasteiger charge is -2.25. The number of hydrogen-bond donors (Lipinski definition) is 1. The molecule has 0 bridgehead atoms. The number of rotatable bonds is 7. The summed E-state index contributed by atoms with van der Waals surface area (Å²) in [6.45, 7) is 0.400. The molecule has 0 radical (unpaired) electrons. The summed E-state index contributed by atoms with van der Waals surface area (Å²) >= 11 is 6.26. The van der Waals surface area contributed by atoms with Crippen molar-refractivity contribution in [1.82, 2.24) is 10.2 Å². The molecule has 26 heavy (non-hydrogen) atoms. The van der Waals surface area contributed by atoms with Crippen molar-refractivity contribution in [1.29, 1.82) is 0 Å². The van der Waals surface area contributed by atoms with Gasteiger partial charge in [0.2, 0.25) is 5.91 Å². The average molecular weight is 377 g/mol. The molecule has 0 heterocycles.